The maximum absolute atomic E-state index is 11.0. The minimum Gasteiger partial charge on any atom is -0.390 e. The van der Waals surface area contributed by atoms with Gasteiger partial charge in [-0.15, -0.1) is 0 Å². The summed E-state index contributed by atoms with van der Waals surface area (Å²) >= 11 is 3.78. The van der Waals surface area contributed by atoms with Gasteiger partial charge in [0.25, 0.3) is 0 Å². The van der Waals surface area contributed by atoms with E-state index in [1.807, 2.05) is 0 Å². The molecule has 0 spiro atoms. The fourth-order valence-corrected chi connectivity index (χ4v) is 9.19. The lowest BCUT2D eigenvalue weighted by Crippen LogP contribution is -2.51. The van der Waals surface area contributed by atoms with E-state index in [0.717, 1.165) is 67.1 Å². The van der Waals surface area contributed by atoms with E-state index < -0.39 is 0 Å². The van der Waals surface area contributed by atoms with Crippen LogP contribution in [0.3, 0.4) is 0 Å². The van der Waals surface area contributed by atoms with Gasteiger partial charge in [-0.3, -0.25) is 0 Å². The minimum atomic E-state index is -0.324. The van der Waals surface area contributed by atoms with Gasteiger partial charge in [-0.25, -0.2) is 0 Å². The monoisotopic (exact) mass is 424 g/mol. The van der Waals surface area contributed by atoms with Crippen molar-refractivity contribution in [3.05, 3.63) is 0 Å². The number of fused-ring (bicyclic) bond motifs is 5. The van der Waals surface area contributed by atoms with Crippen LogP contribution in [-0.4, -0.2) is 16.0 Å². The van der Waals surface area contributed by atoms with E-state index in [-0.39, 0.29) is 5.60 Å². The molecule has 150 valence electrons. The standard InChI is InChI=1S/C24H41BrO/c1-4-11-24(26)13-10-18-17(14-24)5-6-20-19(18)9-12-23(3)21(16(2)15-25)7-8-22(20)23/h16-22,26H,4-15H2,1-3H3/t16?,17?,18?,19?,20?,21?,22?,23?,24-/m1/s1. The summed E-state index contributed by atoms with van der Waals surface area (Å²) in [6.07, 6.45) is 14.5. The Kier molecular flexibility index (Phi) is 5.59. The highest BCUT2D eigenvalue weighted by atomic mass is 79.9. The molecule has 4 aliphatic rings. The zero-order valence-electron chi connectivity index (χ0n) is 17.4. The Bertz CT molecular complexity index is 506. The SMILES string of the molecule is CCC[C@@]1(O)CCC2C(CCC3C2CCC2(C)C(C(C)CBr)CCC32)C1. The highest BCUT2D eigenvalue weighted by Crippen LogP contribution is 2.65. The molecule has 4 fully saturated rings. The van der Waals surface area contributed by atoms with Crippen molar-refractivity contribution < 1.29 is 5.11 Å². The Hall–Kier alpha value is 0.440. The number of halogens is 1. The van der Waals surface area contributed by atoms with E-state index in [2.05, 4.69) is 36.7 Å². The van der Waals surface area contributed by atoms with Gasteiger partial charge < -0.3 is 5.11 Å². The van der Waals surface area contributed by atoms with Gasteiger partial charge in [-0.1, -0.05) is 43.1 Å². The lowest BCUT2D eigenvalue weighted by Gasteiger charge is -2.57. The molecule has 0 aliphatic heterocycles. The molecule has 0 heterocycles. The average Bonchev–Trinajstić information content (AvgIpc) is 2.98. The van der Waals surface area contributed by atoms with Crippen LogP contribution in [0.4, 0.5) is 0 Å². The number of hydrogen-bond donors (Lipinski definition) is 1. The molecule has 0 amide bonds. The Balaban J connectivity index is 1.49. The Labute approximate surface area is 170 Å². The van der Waals surface area contributed by atoms with E-state index in [0.29, 0.717) is 5.41 Å². The van der Waals surface area contributed by atoms with E-state index in [9.17, 15) is 5.11 Å². The predicted molar refractivity (Wildman–Crippen MR) is 113 cm³/mol. The summed E-state index contributed by atoms with van der Waals surface area (Å²) in [5.74, 6) is 6.50. The lowest BCUT2D eigenvalue weighted by molar-refractivity contribution is -0.110. The fourth-order valence-electron chi connectivity index (χ4n) is 8.74. The molecule has 0 aromatic rings. The molecule has 26 heavy (non-hydrogen) atoms. The normalized spacial score (nSPS) is 52.0. The Morgan fingerprint density at radius 2 is 1.77 bits per heavy atom. The summed E-state index contributed by atoms with van der Waals surface area (Å²) in [5.41, 5.74) is 0.286. The second-order valence-corrected chi connectivity index (χ2v) is 11.7. The topological polar surface area (TPSA) is 20.2 Å². The van der Waals surface area contributed by atoms with Gasteiger partial charge in [0.15, 0.2) is 0 Å². The molecular weight excluding hydrogens is 384 g/mol. The minimum absolute atomic E-state index is 0.324. The highest BCUT2D eigenvalue weighted by molar-refractivity contribution is 9.09. The maximum atomic E-state index is 11.0. The van der Waals surface area contributed by atoms with Crippen LogP contribution >= 0.6 is 15.9 Å². The molecule has 0 saturated heterocycles. The second-order valence-electron chi connectivity index (χ2n) is 11.0. The summed E-state index contributed by atoms with van der Waals surface area (Å²) in [4.78, 5) is 0. The number of alkyl halides is 1. The van der Waals surface area contributed by atoms with Gasteiger partial charge in [0.05, 0.1) is 5.60 Å². The summed E-state index contributed by atoms with van der Waals surface area (Å²) in [6, 6.07) is 0. The molecular formula is C24H41BrO. The molecule has 2 heteroatoms. The molecule has 4 rings (SSSR count). The second kappa shape index (κ2) is 7.36. The van der Waals surface area contributed by atoms with Crippen molar-refractivity contribution in [3.63, 3.8) is 0 Å². The van der Waals surface area contributed by atoms with E-state index in [4.69, 9.17) is 0 Å². The number of aliphatic hydroxyl groups is 1. The van der Waals surface area contributed by atoms with Crippen molar-refractivity contribution in [2.24, 2.45) is 46.8 Å². The van der Waals surface area contributed by atoms with Crippen molar-refractivity contribution in [2.75, 3.05) is 5.33 Å². The third-order valence-electron chi connectivity index (χ3n) is 9.82. The molecule has 9 atom stereocenters. The van der Waals surface area contributed by atoms with Crippen molar-refractivity contribution >= 4 is 15.9 Å². The fraction of sp³-hybridized carbons (Fsp3) is 1.00. The predicted octanol–water partition coefficient (Wildman–Crippen LogP) is 6.82. The molecule has 0 aromatic carbocycles. The van der Waals surface area contributed by atoms with Gasteiger partial charge in [-0.2, -0.15) is 0 Å². The smallest absolute Gasteiger partial charge is 0.0650 e. The quantitative estimate of drug-likeness (QED) is 0.490. The molecule has 4 aliphatic carbocycles. The maximum Gasteiger partial charge on any atom is 0.0650 e. The highest BCUT2D eigenvalue weighted by Gasteiger charge is 2.58. The summed E-state index contributed by atoms with van der Waals surface area (Å²) < 4.78 is 0. The number of rotatable bonds is 4. The van der Waals surface area contributed by atoms with Crippen LogP contribution in [-0.2, 0) is 0 Å². The zero-order chi connectivity index (χ0) is 18.5. The largest absolute Gasteiger partial charge is 0.390 e. The van der Waals surface area contributed by atoms with Crippen LogP contribution in [0.1, 0.15) is 91.4 Å². The van der Waals surface area contributed by atoms with Crippen LogP contribution in [0, 0.1) is 46.8 Å². The zero-order valence-corrected chi connectivity index (χ0v) is 18.9. The lowest BCUT2D eigenvalue weighted by atomic mass is 9.48. The summed E-state index contributed by atoms with van der Waals surface area (Å²) in [7, 11) is 0. The summed E-state index contributed by atoms with van der Waals surface area (Å²) in [6.45, 7) is 7.37. The Morgan fingerprint density at radius 3 is 2.50 bits per heavy atom. The average molecular weight is 425 g/mol. The van der Waals surface area contributed by atoms with Crippen LogP contribution in [0.5, 0.6) is 0 Å². The van der Waals surface area contributed by atoms with Crippen molar-refractivity contribution in [1.29, 1.82) is 0 Å². The first-order chi connectivity index (χ1) is 12.4. The summed E-state index contributed by atoms with van der Waals surface area (Å²) in [5, 5.41) is 12.2. The molecule has 8 unspecified atom stereocenters. The molecule has 1 N–H and O–H groups in total. The van der Waals surface area contributed by atoms with Gasteiger partial charge in [0.1, 0.15) is 0 Å². The molecule has 4 saturated carbocycles. The van der Waals surface area contributed by atoms with E-state index in [1.165, 1.54) is 50.3 Å². The third-order valence-corrected chi connectivity index (χ3v) is 10.8. The van der Waals surface area contributed by atoms with Gasteiger partial charge >= 0.3 is 0 Å². The van der Waals surface area contributed by atoms with E-state index in [1.54, 1.807) is 0 Å². The third kappa shape index (κ3) is 3.14. The van der Waals surface area contributed by atoms with Crippen molar-refractivity contribution in [2.45, 2.75) is 97.0 Å². The van der Waals surface area contributed by atoms with Crippen LogP contribution in [0.15, 0.2) is 0 Å². The first-order valence-corrected chi connectivity index (χ1v) is 12.8. The van der Waals surface area contributed by atoms with Gasteiger partial charge in [0, 0.05) is 5.33 Å². The Morgan fingerprint density at radius 1 is 1.00 bits per heavy atom. The molecule has 0 aromatic heterocycles. The van der Waals surface area contributed by atoms with Crippen LogP contribution < -0.4 is 0 Å². The first kappa shape index (κ1) is 19.7. The first-order valence-electron chi connectivity index (χ1n) is 11.7. The van der Waals surface area contributed by atoms with Crippen molar-refractivity contribution in [3.8, 4) is 0 Å². The van der Waals surface area contributed by atoms with Crippen molar-refractivity contribution in [1.82, 2.24) is 0 Å². The van der Waals surface area contributed by atoms with Crippen LogP contribution in [0.25, 0.3) is 0 Å². The molecule has 1 nitrogen and oxygen atoms in total. The van der Waals surface area contributed by atoms with Gasteiger partial charge in [0.2, 0.25) is 0 Å². The molecule has 0 radical (unpaired) electrons. The van der Waals surface area contributed by atoms with Gasteiger partial charge in [-0.05, 0) is 111 Å². The molecule has 0 bridgehead atoms. The van der Waals surface area contributed by atoms with Crippen LogP contribution in [0.2, 0.25) is 0 Å². The number of hydrogen-bond acceptors (Lipinski definition) is 1. The van der Waals surface area contributed by atoms with E-state index >= 15 is 0 Å².